The molecule has 0 spiro atoms. The average Bonchev–Trinajstić information content (AvgIpc) is 2.62. The number of hydrogen-bond donors (Lipinski definition) is 6. The molecule has 2 aliphatic heterocycles. The molecule has 2 saturated heterocycles. The predicted molar refractivity (Wildman–Crippen MR) is 104 cm³/mol. The van der Waals surface area contributed by atoms with E-state index in [1.165, 1.54) is 0 Å². The predicted octanol–water partition coefficient (Wildman–Crippen LogP) is -1.27. The second kappa shape index (κ2) is 9.62. The first kappa shape index (κ1) is 25.9. The van der Waals surface area contributed by atoms with Gasteiger partial charge in [-0.2, -0.15) is 0 Å². The zero-order valence-corrected chi connectivity index (χ0v) is 18.5. The smallest absolute Gasteiger partial charge is 0.187 e. The van der Waals surface area contributed by atoms with Crippen LogP contribution in [-0.4, -0.2) is 105 Å². The first-order valence-corrected chi connectivity index (χ1v) is 10.3. The fraction of sp³-hybridized carbons (Fsp3) is 1.00. The molecule has 2 fully saturated rings. The van der Waals surface area contributed by atoms with Gasteiger partial charge in [0.25, 0.3) is 0 Å². The number of rotatable bonds is 5. The molecule has 8 unspecified atom stereocenters. The van der Waals surface area contributed by atoms with E-state index in [2.05, 4.69) is 0 Å². The normalized spacial score (nSPS) is 43.6. The molecule has 0 radical (unpaired) electrons. The molecule has 6 N–H and O–H groups in total. The fourth-order valence-electron chi connectivity index (χ4n) is 4.09. The minimum Gasteiger partial charge on any atom is -0.394 e. The lowest BCUT2D eigenvalue weighted by Gasteiger charge is -2.50. The van der Waals surface area contributed by atoms with Crippen LogP contribution in [0.15, 0.2) is 0 Å². The molecular formula is C20H38O10. The Balaban J connectivity index is 2.18. The van der Waals surface area contributed by atoms with Gasteiger partial charge in [0.15, 0.2) is 12.6 Å². The van der Waals surface area contributed by atoms with Crippen molar-refractivity contribution in [2.45, 2.75) is 102 Å². The third-order valence-corrected chi connectivity index (χ3v) is 5.47. The Morgan fingerprint density at radius 3 is 1.67 bits per heavy atom. The molecule has 2 aliphatic rings. The van der Waals surface area contributed by atoms with Crippen LogP contribution in [0.2, 0.25) is 0 Å². The maximum Gasteiger partial charge on any atom is 0.187 e. The Morgan fingerprint density at radius 1 is 0.700 bits per heavy atom. The highest BCUT2D eigenvalue weighted by molar-refractivity contribution is 4.97. The highest BCUT2D eigenvalue weighted by atomic mass is 16.7. The van der Waals surface area contributed by atoms with Gasteiger partial charge in [-0.05, 0) is 26.2 Å². The SMILES string of the molecule is CC(C)(C)O[C@@H]1O[C@@H](CO)C(OC2OC(CO)C(C(C)(C)C)C(O)C2O)C(O)C1O. The summed E-state index contributed by atoms with van der Waals surface area (Å²) in [5.74, 6) is -0.575. The van der Waals surface area contributed by atoms with Gasteiger partial charge in [-0.1, -0.05) is 20.8 Å². The van der Waals surface area contributed by atoms with Crippen molar-refractivity contribution in [3.63, 3.8) is 0 Å². The van der Waals surface area contributed by atoms with Crippen molar-refractivity contribution in [3.8, 4) is 0 Å². The average molecular weight is 439 g/mol. The first-order valence-electron chi connectivity index (χ1n) is 10.3. The molecule has 30 heavy (non-hydrogen) atoms. The summed E-state index contributed by atoms with van der Waals surface area (Å²) < 4.78 is 22.6. The van der Waals surface area contributed by atoms with Gasteiger partial charge in [0, 0.05) is 5.92 Å². The molecule has 0 aromatic heterocycles. The third kappa shape index (κ3) is 5.69. The lowest BCUT2D eigenvalue weighted by atomic mass is 9.71. The van der Waals surface area contributed by atoms with Crippen molar-refractivity contribution in [3.05, 3.63) is 0 Å². The van der Waals surface area contributed by atoms with Crippen LogP contribution in [-0.2, 0) is 18.9 Å². The van der Waals surface area contributed by atoms with Crippen LogP contribution in [0.25, 0.3) is 0 Å². The molecule has 0 amide bonds. The Labute approximate surface area is 177 Å². The molecular weight excluding hydrogens is 400 g/mol. The number of aliphatic hydroxyl groups excluding tert-OH is 6. The van der Waals surface area contributed by atoms with Crippen molar-refractivity contribution in [1.82, 2.24) is 0 Å². The van der Waals surface area contributed by atoms with E-state index in [-0.39, 0.29) is 0 Å². The van der Waals surface area contributed by atoms with Crippen LogP contribution in [0.1, 0.15) is 41.5 Å². The van der Waals surface area contributed by atoms with Crippen molar-refractivity contribution < 1.29 is 49.6 Å². The van der Waals surface area contributed by atoms with Crippen molar-refractivity contribution in [2.75, 3.05) is 13.2 Å². The van der Waals surface area contributed by atoms with Crippen LogP contribution in [0.3, 0.4) is 0 Å². The van der Waals surface area contributed by atoms with E-state index in [1.807, 2.05) is 20.8 Å². The van der Waals surface area contributed by atoms with E-state index in [4.69, 9.17) is 18.9 Å². The zero-order chi connectivity index (χ0) is 23.0. The summed E-state index contributed by atoms with van der Waals surface area (Å²) >= 11 is 0. The van der Waals surface area contributed by atoms with Crippen molar-refractivity contribution >= 4 is 0 Å². The van der Waals surface area contributed by atoms with Crippen LogP contribution >= 0.6 is 0 Å². The van der Waals surface area contributed by atoms with Gasteiger partial charge in [0.1, 0.15) is 30.5 Å². The van der Waals surface area contributed by atoms with Gasteiger partial charge in [0.05, 0.1) is 31.0 Å². The topological polar surface area (TPSA) is 158 Å². The second-order valence-electron chi connectivity index (χ2n) is 10.1. The molecule has 0 bridgehead atoms. The molecule has 10 heteroatoms. The summed E-state index contributed by atoms with van der Waals surface area (Å²) in [5, 5.41) is 61.7. The summed E-state index contributed by atoms with van der Waals surface area (Å²) in [6.07, 6.45) is -11.6. The molecule has 2 heterocycles. The van der Waals surface area contributed by atoms with Gasteiger partial charge in [-0.15, -0.1) is 0 Å². The lowest BCUT2D eigenvalue weighted by molar-refractivity contribution is -0.366. The van der Waals surface area contributed by atoms with Crippen molar-refractivity contribution in [2.24, 2.45) is 11.3 Å². The molecule has 10 nitrogen and oxygen atoms in total. The summed E-state index contributed by atoms with van der Waals surface area (Å²) in [5.41, 5.74) is -1.16. The maximum atomic E-state index is 10.7. The molecule has 0 aromatic rings. The van der Waals surface area contributed by atoms with E-state index in [0.717, 1.165) is 0 Å². The van der Waals surface area contributed by atoms with E-state index in [9.17, 15) is 30.6 Å². The molecule has 2 rings (SSSR count). The molecule has 0 aliphatic carbocycles. The fourth-order valence-corrected chi connectivity index (χ4v) is 4.09. The van der Waals surface area contributed by atoms with Crippen LogP contribution in [0.4, 0.5) is 0 Å². The van der Waals surface area contributed by atoms with Crippen LogP contribution in [0.5, 0.6) is 0 Å². The van der Waals surface area contributed by atoms with E-state index >= 15 is 0 Å². The lowest BCUT2D eigenvalue weighted by Crippen LogP contribution is -2.65. The highest BCUT2D eigenvalue weighted by Gasteiger charge is 2.53. The Kier molecular flexibility index (Phi) is 8.29. The second-order valence-corrected chi connectivity index (χ2v) is 10.1. The van der Waals surface area contributed by atoms with E-state index in [0.29, 0.717) is 0 Å². The van der Waals surface area contributed by atoms with Crippen LogP contribution in [0, 0.1) is 11.3 Å². The van der Waals surface area contributed by atoms with Gasteiger partial charge < -0.3 is 49.6 Å². The largest absolute Gasteiger partial charge is 0.394 e. The molecule has 10 atom stereocenters. The monoisotopic (exact) mass is 438 g/mol. The third-order valence-electron chi connectivity index (χ3n) is 5.47. The summed E-state index contributed by atoms with van der Waals surface area (Å²) in [6.45, 7) is 9.84. The van der Waals surface area contributed by atoms with Crippen molar-refractivity contribution in [1.29, 1.82) is 0 Å². The quantitative estimate of drug-likeness (QED) is 0.306. The Hall–Kier alpha value is -0.400. The minimum atomic E-state index is -1.52. The van der Waals surface area contributed by atoms with E-state index in [1.54, 1.807) is 20.8 Å². The van der Waals surface area contributed by atoms with Crippen LogP contribution < -0.4 is 0 Å². The summed E-state index contributed by atoms with van der Waals surface area (Å²) in [4.78, 5) is 0. The van der Waals surface area contributed by atoms with Gasteiger partial charge in [0.2, 0.25) is 0 Å². The summed E-state index contributed by atoms with van der Waals surface area (Å²) in [6, 6.07) is 0. The van der Waals surface area contributed by atoms with Gasteiger partial charge >= 0.3 is 0 Å². The number of hydrogen-bond acceptors (Lipinski definition) is 10. The van der Waals surface area contributed by atoms with Gasteiger partial charge in [-0.25, -0.2) is 0 Å². The Bertz CT molecular complexity index is 541. The minimum absolute atomic E-state index is 0.414. The maximum absolute atomic E-state index is 10.7. The zero-order valence-electron chi connectivity index (χ0n) is 18.5. The number of ether oxygens (including phenoxy) is 4. The summed E-state index contributed by atoms with van der Waals surface area (Å²) in [7, 11) is 0. The first-order chi connectivity index (χ1) is 13.7. The Morgan fingerprint density at radius 2 is 1.20 bits per heavy atom. The van der Waals surface area contributed by atoms with E-state index < -0.39 is 85.5 Å². The standard InChI is InChI=1S/C20H38O10/c1-19(2,3)11-9(7-21)27-17(14(25)12(11)23)29-16-10(8-22)28-18(15(26)13(16)24)30-20(4,5)6/h9-18,21-26H,7-8H2,1-6H3/t9?,10-,11?,12?,13?,14?,15?,16?,17?,18-/m0/s1. The highest BCUT2D eigenvalue weighted by Crippen LogP contribution is 2.40. The number of aliphatic hydroxyl groups is 6. The molecule has 178 valence electrons. The molecule has 0 aromatic carbocycles. The van der Waals surface area contributed by atoms with Gasteiger partial charge in [-0.3, -0.25) is 0 Å². The molecule has 0 saturated carbocycles.